The van der Waals surface area contributed by atoms with E-state index in [-0.39, 0.29) is 5.92 Å². The van der Waals surface area contributed by atoms with Gasteiger partial charge in [-0.2, -0.15) is 0 Å². The molecular formula is C52H35N3O. The molecule has 4 heteroatoms. The topological polar surface area (TPSA) is 47.9 Å². The summed E-state index contributed by atoms with van der Waals surface area (Å²) in [5.74, 6) is 4.08. The molecule has 0 radical (unpaired) electrons. The summed E-state index contributed by atoms with van der Waals surface area (Å²) in [5, 5.41) is 0. The summed E-state index contributed by atoms with van der Waals surface area (Å²) in [6.45, 7) is 0. The average Bonchev–Trinajstić information content (AvgIpc) is 3.57. The molecule has 264 valence electrons. The van der Waals surface area contributed by atoms with Crippen molar-refractivity contribution >= 4 is 0 Å². The Morgan fingerprint density at radius 2 is 0.946 bits per heavy atom. The van der Waals surface area contributed by atoms with E-state index in [1.807, 2.05) is 30.3 Å². The lowest BCUT2D eigenvalue weighted by atomic mass is 9.66. The summed E-state index contributed by atoms with van der Waals surface area (Å²) >= 11 is 0. The maximum absolute atomic E-state index is 6.65. The van der Waals surface area contributed by atoms with Gasteiger partial charge in [0.15, 0.2) is 11.6 Å². The molecule has 0 fully saturated rings. The summed E-state index contributed by atoms with van der Waals surface area (Å²) in [6, 6.07) is 60.5. The minimum atomic E-state index is -0.486. The number of hydrogen-bond acceptors (Lipinski definition) is 4. The van der Waals surface area contributed by atoms with E-state index < -0.39 is 5.41 Å². The summed E-state index contributed by atoms with van der Waals surface area (Å²) in [7, 11) is 0. The highest BCUT2D eigenvalue weighted by molar-refractivity contribution is 5.89. The number of ether oxygens (including phenoxy) is 1. The predicted octanol–water partition coefficient (Wildman–Crippen LogP) is 12.6. The van der Waals surface area contributed by atoms with Crippen molar-refractivity contribution in [2.24, 2.45) is 0 Å². The Bertz CT molecular complexity index is 2810. The molecule has 1 spiro atoms. The van der Waals surface area contributed by atoms with E-state index in [4.69, 9.17) is 19.7 Å². The molecule has 8 aromatic rings. The van der Waals surface area contributed by atoms with Crippen LogP contribution in [-0.4, -0.2) is 15.0 Å². The molecular weight excluding hydrogens is 683 g/mol. The number of benzene rings is 7. The fourth-order valence-electron chi connectivity index (χ4n) is 8.88. The van der Waals surface area contributed by atoms with Gasteiger partial charge in [-0.3, -0.25) is 0 Å². The van der Waals surface area contributed by atoms with E-state index in [1.54, 1.807) is 0 Å². The molecule has 0 saturated heterocycles. The van der Waals surface area contributed by atoms with Gasteiger partial charge in [-0.15, -0.1) is 0 Å². The number of rotatable bonds is 5. The van der Waals surface area contributed by atoms with E-state index in [0.29, 0.717) is 11.6 Å². The molecule has 11 rings (SSSR count). The van der Waals surface area contributed by atoms with Crippen molar-refractivity contribution in [3.63, 3.8) is 0 Å². The van der Waals surface area contributed by atoms with Gasteiger partial charge in [0.2, 0.25) is 0 Å². The second-order valence-electron chi connectivity index (χ2n) is 14.7. The molecule has 56 heavy (non-hydrogen) atoms. The largest absolute Gasteiger partial charge is 0.457 e. The van der Waals surface area contributed by atoms with Crippen LogP contribution in [0.5, 0.6) is 11.5 Å². The van der Waals surface area contributed by atoms with Crippen molar-refractivity contribution in [3.8, 4) is 67.7 Å². The fourth-order valence-corrected chi connectivity index (χ4v) is 8.88. The van der Waals surface area contributed by atoms with Crippen molar-refractivity contribution in [3.05, 3.63) is 222 Å². The van der Waals surface area contributed by atoms with Gasteiger partial charge >= 0.3 is 0 Å². The van der Waals surface area contributed by atoms with Gasteiger partial charge < -0.3 is 4.74 Å². The number of hydrogen-bond donors (Lipinski definition) is 0. The molecule has 3 aliphatic rings. The van der Waals surface area contributed by atoms with Crippen LogP contribution in [0, 0.1) is 0 Å². The highest BCUT2D eigenvalue weighted by Crippen LogP contribution is 2.62. The van der Waals surface area contributed by atoms with Crippen LogP contribution in [-0.2, 0) is 5.41 Å². The molecule has 0 saturated carbocycles. The zero-order valence-electron chi connectivity index (χ0n) is 30.5. The molecule has 1 aromatic heterocycles. The smallest absolute Gasteiger partial charge is 0.163 e. The number of fused-ring (bicyclic) bond motifs is 9. The number of aromatic nitrogens is 3. The maximum atomic E-state index is 6.65. The van der Waals surface area contributed by atoms with E-state index in [0.717, 1.165) is 57.1 Å². The first-order chi connectivity index (χ1) is 27.7. The highest BCUT2D eigenvalue weighted by atomic mass is 16.5. The minimum absolute atomic E-state index is 0.121. The van der Waals surface area contributed by atoms with Gasteiger partial charge in [0.25, 0.3) is 0 Å². The van der Waals surface area contributed by atoms with Crippen LogP contribution in [0.25, 0.3) is 56.2 Å². The molecule has 1 aliphatic heterocycles. The second kappa shape index (κ2) is 13.0. The van der Waals surface area contributed by atoms with Crippen LogP contribution in [0.4, 0.5) is 0 Å². The lowest BCUT2D eigenvalue weighted by Gasteiger charge is -2.39. The average molecular weight is 718 g/mol. The van der Waals surface area contributed by atoms with Crippen LogP contribution in [0.2, 0.25) is 0 Å². The van der Waals surface area contributed by atoms with Crippen LogP contribution in [0.15, 0.2) is 194 Å². The quantitative estimate of drug-likeness (QED) is 0.178. The molecule has 0 N–H and O–H groups in total. The van der Waals surface area contributed by atoms with Gasteiger partial charge in [-0.05, 0) is 69.1 Å². The van der Waals surface area contributed by atoms with E-state index in [9.17, 15) is 0 Å². The Hall–Kier alpha value is -7.17. The predicted molar refractivity (Wildman–Crippen MR) is 225 cm³/mol. The Balaban J connectivity index is 0.943. The Morgan fingerprint density at radius 1 is 0.429 bits per heavy atom. The third-order valence-electron chi connectivity index (χ3n) is 11.5. The van der Waals surface area contributed by atoms with Crippen molar-refractivity contribution in [1.29, 1.82) is 0 Å². The normalized spacial score (nSPS) is 15.4. The molecule has 0 amide bonds. The zero-order chi connectivity index (χ0) is 37.1. The summed E-state index contributed by atoms with van der Waals surface area (Å²) in [5.41, 5.74) is 13.5. The van der Waals surface area contributed by atoms with Crippen LogP contribution in [0.1, 0.15) is 40.4 Å². The molecule has 7 aromatic carbocycles. The molecule has 0 bridgehead atoms. The van der Waals surface area contributed by atoms with Gasteiger partial charge in [0, 0.05) is 28.2 Å². The Kier molecular flexibility index (Phi) is 7.49. The number of allylic oxidation sites excluding steroid dienone is 4. The number of para-hydroxylation sites is 1. The molecule has 1 atom stereocenters. The maximum Gasteiger partial charge on any atom is 0.163 e. The molecule has 4 nitrogen and oxygen atoms in total. The van der Waals surface area contributed by atoms with Crippen LogP contribution >= 0.6 is 0 Å². The zero-order valence-corrected chi connectivity index (χ0v) is 30.5. The first-order valence-corrected chi connectivity index (χ1v) is 19.2. The van der Waals surface area contributed by atoms with E-state index in [1.165, 1.54) is 33.4 Å². The van der Waals surface area contributed by atoms with Crippen molar-refractivity contribution < 1.29 is 4.74 Å². The van der Waals surface area contributed by atoms with Crippen molar-refractivity contribution in [2.75, 3.05) is 0 Å². The summed E-state index contributed by atoms with van der Waals surface area (Å²) in [6.07, 6.45) is 9.36. The summed E-state index contributed by atoms with van der Waals surface area (Å²) < 4.78 is 6.65. The summed E-state index contributed by atoms with van der Waals surface area (Å²) in [4.78, 5) is 14.8. The van der Waals surface area contributed by atoms with Crippen LogP contribution < -0.4 is 4.74 Å². The fraction of sp³-hybridized carbons (Fsp3) is 0.0577. The van der Waals surface area contributed by atoms with Crippen LogP contribution in [0.3, 0.4) is 0 Å². The SMILES string of the molecule is C1=CCC(c2nc(-c3ccccc3)nc(-c3ccc(-c4ccc(-c5ccc6c(c5)C5(c7ccccc7O6)c6ccccc6-c6ccccc65)cc4)cc3)n2)C=C1. The molecule has 2 aliphatic carbocycles. The van der Waals surface area contributed by atoms with Gasteiger partial charge in [0.1, 0.15) is 17.3 Å². The van der Waals surface area contributed by atoms with E-state index in [2.05, 4.69) is 164 Å². The monoisotopic (exact) mass is 717 g/mol. The molecule has 2 heterocycles. The minimum Gasteiger partial charge on any atom is -0.457 e. The first kappa shape index (κ1) is 32.3. The van der Waals surface area contributed by atoms with Gasteiger partial charge in [0.05, 0.1) is 5.41 Å². The molecule has 1 unspecified atom stereocenters. The van der Waals surface area contributed by atoms with Crippen molar-refractivity contribution in [2.45, 2.75) is 17.8 Å². The van der Waals surface area contributed by atoms with E-state index >= 15 is 0 Å². The lowest BCUT2D eigenvalue weighted by Crippen LogP contribution is -2.32. The Labute approximate surface area is 326 Å². The van der Waals surface area contributed by atoms with Crippen molar-refractivity contribution in [1.82, 2.24) is 15.0 Å². The number of nitrogens with zero attached hydrogens (tertiary/aromatic N) is 3. The highest BCUT2D eigenvalue weighted by Gasteiger charge is 2.51. The lowest BCUT2D eigenvalue weighted by molar-refractivity contribution is 0.436. The second-order valence-corrected chi connectivity index (χ2v) is 14.7. The Morgan fingerprint density at radius 3 is 1.59 bits per heavy atom. The first-order valence-electron chi connectivity index (χ1n) is 19.2. The third kappa shape index (κ3) is 5.10. The third-order valence-corrected chi connectivity index (χ3v) is 11.5. The standard InChI is InChI=1S/C52H35N3O/c1-3-13-37(14-4-1)49-53-50(38-15-5-2-6-16-38)55-51(54-49)39-29-27-35(28-30-39)34-23-25-36(26-24-34)40-31-32-48-46(33-40)52(45-21-11-12-22-47(45)56-48)43-19-9-7-17-41(43)42-18-8-10-20-44(42)52/h1-15,17-33,38H,16H2. The van der Waals surface area contributed by atoms with Gasteiger partial charge in [-0.1, -0.05) is 176 Å². The van der Waals surface area contributed by atoms with Gasteiger partial charge in [-0.25, -0.2) is 15.0 Å².